The van der Waals surface area contributed by atoms with Crippen molar-refractivity contribution in [2.45, 2.75) is 51.5 Å². The van der Waals surface area contributed by atoms with Crippen molar-refractivity contribution < 1.29 is 17.9 Å². The average molecular weight is 419 g/mol. The summed E-state index contributed by atoms with van der Waals surface area (Å²) in [5.74, 6) is 0.280. The molecule has 0 heterocycles. The second kappa shape index (κ2) is 9.78. The number of sulfonamides is 1. The highest BCUT2D eigenvalue weighted by atomic mass is 32.2. The first-order valence-corrected chi connectivity index (χ1v) is 11.2. The summed E-state index contributed by atoms with van der Waals surface area (Å²) < 4.78 is 33.4. The van der Waals surface area contributed by atoms with Crippen LogP contribution in [0.1, 0.15) is 37.8 Å². The van der Waals surface area contributed by atoms with Gasteiger partial charge >= 0.3 is 0 Å². The molecular formula is C22H30N2O4S. The summed E-state index contributed by atoms with van der Waals surface area (Å²) in [7, 11) is -2.40. The largest absolute Gasteiger partial charge is 0.497 e. The van der Waals surface area contributed by atoms with Gasteiger partial charge in [0.05, 0.1) is 17.7 Å². The van der Waals surface area contributed by atoms with Gasteiger partial charge in [-0.15, -0.1) is 0 Å². The zero-order valence-corrected chi connectivity index (χ0v) is 18.5. The predicted molar refractivity (Wildman–Crippen MR) is 116 cm³/mol. The van der Waals surface area contributed by atoms with Crippen LogP contribution in [0, 0.1) is 13.8 Å². The van der Waals surface area contributed by atoms with E-state index in [1.807, 2.05) is 26.8 Å². The minimum Gasteiger partial charge on any atom is -0.497 e. The van der Waals surface area contributed by atoms with E-state index in [9.17, 15) is 13.2 Å². The number of benzene rings is 2. The first kappa shape index (κ1) is 22.7. The molecule has 1 N–H and O–H groups in total. The molecule has 0 atom stereocenters. The zero-order chi connectivity index (χ0) is 21.6. The van der Waals surface area contributed by atoms with Gasteiger partial charge in [-0.3, -0.25) is 9.10 Å². The van der Waals surface area contributed by atoms with Crippen LogP contribution < -0.4 is 14.4 Å². The van der Waals surface area contributed by atoms with Crippen molar-refractivity contribution in [1.29, 1.82) is 0 Å². The zero-order valence-electron chi connectivity index (χ0n) is 17.7. The molecule has 0 fully saturated rings. The number of ether oxygens (including phenoxy) is 1. The van der Waals surface area contributed by atoms with E-state index in [2.05, 4.69) is 5.32 Å². The molecule has 2 aromatic carbocycles. The number of rotatable bonds is 9. The first-order chi connectivity index (χ1) is 13.7. The Labute approximate surface area is 173 Å². The van der Waals surface area contributed by atoms with Crippen LogP contribution in [-0.4, -0.2) is 34.0 Å². The Morgan fingerprint density at radius 2 is 1.69 bits per heavy atom. The maximum Gasteiger partial charge on any atom is 0.265 e. The third kappa shape index (κ3) is 5.50. The van der Waals surface area contributed by atoms with Crippen LogP contribution in [-0.2, 0) is 14.8 Å². The van der Waals surface area contributed by atoms with E-state index >= 15 is 0 Å². The smallest absolute Gasteiger partial charge is 0.265 e. The molecule has 6 nitrogen and oxygen atoms in total. The second-order valence-corrected chi connectivity index (χ2v) is 8.89. The standard InChI is InChI=1S/C22H30N2O4S/c1-6-18(7-2)23-22(25)15-24(19-10-12-20(28-5)13-11-19)29(26,27)21-14-16(3)8-9-17(21)4/h8-14,18H,6-7,15H2,1-5H3,(H,23,25). The van der Waals surface area contributed by atoms with Gasteiger partial charge < -0.3 is 10.1 Å². The fourth-order valence-electron chi connectivity index (χ4n) is 3.06. The molecule has 0 unspecified atom stereocenters. The number of nitrogens with one attached hydrogen (secondary N) is 1. The van der Waals surface area contributed by atoms with E-state index in [1.54, 1.807) is 50.4 Å². The maximum atomic E-state index is 13.5. The molecule has 0 spiro atoms. The molecule has 0 bridgehead atoms. The lowest BCUT2D eigenvalue weighted by Crippen LogP contribution is -2.44. The summed E-state index contributed by atoms with van der Waals surface area (Å²) in [5.41, 5.74) is 1.88. The Bertz CT molecular complexity index is 936. The molecule has 29 heavy (non-hydrogen) atoms. The Balaban J connectivity index is 2.48. The van der Waals surface area contributed by atoms with Gasteiger partial charge in [0.2, 0.25) is 5.91 Å². The van der Waals surface area contributed by atoms with E-state index in [-0.39, 0.29) is 23.4 Å². The molecule has 0 aromatic heterocycles. The Morgan fingerprint density at radius 3 is 2.24 bits per heavy atom. The Hall–Kier alpha value is -2.54. The molecule has 0 aliphatic carbocycles. The van der Waals surface area contributed by atoms with Gasteiger partial charge in [-0.25, -0.2) is 8.42 Å². The number of nitrogens with zero attached hydrogens (tertiary/aromatic N) is 1. The normalized spacial score (nSPS) is 11.4. The molecule has 2 aromatic rings. The molecule has 2 rings (SSSR count). The van der Waals surface area contributed by atoms with Gasteiger partial charge in [0, 0.05) is 6.04 Å². The Kier molecular flexibility index (Phi) is 7.67. The molecule has 0 aliphatic rings. The van der Waals surface area contributed by atoms with Crippen LogP contribution in [0.15, 0.2) is 47.4 Å². The van der Waals surface area contributed by atoms with Crippen molar-refractivity contribution >= 4 is 21.6 Å². The molecule has 0 saturated heterocycles. The number of methoxy groups -OCH3 is 1. The number of amides is 1. The quantitative estimate of drug-likeness (QED) is 0.672. The molecular weight excluding hydrogens is 388 g/mol. The summed E-state index contributed by atoms with van der Waals surface area (Å²) >= 11 is 0. The number of carbonyl (C=O) groups excluding carboxylic acids is 1. The average Bonchev–Trinajstić information content (AvgIpc) is 2.71. The Morgan fingerprint density at radius 1 is 1.07 bits per heavy atom. The van der Waals surface area contributed by atoms with Crippen molar-refractivity contribution in [3.05, 3.63) is 53.6 Å². The third-order valence-corrected chi connectivity index (χ3v) is 6.83. The molecule has 0 aliphatic heterocycles. The van der Waals surface area contributed by atoms with Crippen LogP contribution in [0.2, 0.25) is 0 Å². The van der Waals surface area contributed by atoms with Gasteiger partial charge in [-0.1, -0.05) is 26.0 Å². The van der Waals surface area contributed by atoms with E-state index in [0.717, 1.165) is 22.7 Å². The van der Waals surface area contributed by atoms with Gasteiger partial charge in [0.1, 0.15) is 12.3 Å². The topological polar surface area (TPSA) is 75.7 Å². The SMILES string of the molecule is CCC(CC)NC(=O)CN(c1ccc(OC)cc1)S(=O)(=O)c1cc(C)ccc1C. The van der Waals surface area contributed by atoms with Gasteiger partial charge in [0.15, 0.2) is 0 Å². The second-order valence-electron chi connectivity index (χ2n) is 7.06. The van der Waals surface area contributed by atoms with E-state index in [4.69, 9.17) is 4.74 Å². The molecule has 0 radical (unpaired) electrons. The first-order valence-electron chi connectivity index (χ1n) is 9.76. The van der Waals surface area contributed by atoms with Crippen molar-refractivity contribution in [1.82, 2.24) is 5.32 Å². The minimum absolute atomic E-state index is 0.0172. The number of hydrogen-bond acceptors (Lipinski definition) is 4. The van der Waals surface area contributed by atoms with Crippen LogP contribution in [0.25, 0.3) is 0 Å². The minimum atomic E-state index is -3.94. The summed E-state index contributed by atoms with van der Waals surface area (Å²) in [6.07, 6.45) is 1.57. The lowest BCUT2D eigenvalue weighted by Gasteiger charge is -2.26. The maximum absolute atomic E-state index is 13.5. The number of anilines is 1. The van der Waals surface area contributed by atoms with Crippen molar-refractivity contribution in [2.24, 2.45) is 0 Å². The fourth-order valence-corrected chi connectivity index (χ4v) is 4.80. The third-order valence-electron chi connectivity index (χ3n) is 4.91. The van der Waals surface area contributed by atoms with E-state index in [0.29, 0.717) is 17.0 Å². The van der Waals surface area contributed by atoms with Crippen LogP contribution in [0.3, 0.4) is 0 Å². The fraction of sp³-hybridized carbons (Fsp3) is 0.409. The molecule has 1 amide bonds. The lowest BCUT2D eigenvalue weighted by atomic mass is 10.2. The van der Waals surface area contributed by atoms with E-state index < -0.39 is 10.0 Å². The van der Waals surface area contributed by atoms with Crippen molar-refractivity contribution in [2.75, 3.05) is 18.0 Å². The highest BCUT2D eigenvalue weighted by Crippen LogP contribution is 2.28. The van der Waals surface area contributed by atoms with Crippen LogP contribution in [0.5, 0.6) is 5.75 Å². The lowest BCUT2D eigenvalue weighted by molar-refractivity contribution is -0.120. The predicted octanol–water partition coefficient (Wildman–Crippen LogP) is 3.81. The van der Waals surface area contributed by atoms with Crippen LogP contribution >= 0.6 is 0 Å². The summed E-state index contributed by atoms with van der Waals surface area (Å²) in [6, 6.07) is 11.9. The highest BCUT2D eigenvalue weighted by Gasteiger charge is 2.29. The van der Waals surface area contributed by atoms with Gasteiger partial charge in [-0.2, -0.15) is 0 Å². The van der Waals surface area contributed by atoms with E-state index in [1.165, 1.54) is 0 Å². The summed E-state index contributed by atoms with van der Waals surface area (Å²) in [6.45, 7) is 7.28. The van der Waals surface area contributed by atoms with Gasteiger partial charge in [-0.05, 0) is 68.1 Å². The monoisotopic (exact) mass is 418 g/mol. The molecule has 7 heteroatoms. The molecule has 158 valence electrons. The van der Waals surface area contributed by atoms with Gasteiger partial charge in [0.25, 0.3) is 10.0 Å². The van der Waals surface area contributed by atoms with Crippen LogP contribution in [0.4, 0.5) is 5.69 Å². The number of carbonyl (C=O) groups is 1. The van der Waals surface area contributed by atoms with Crippen molar-refractivity contribution in [3.63, 3.8) is 0 Å². The molecule has 0 saturated carbocycles. The highest BCUT2D eigenvalue weighted by molar-refractivity contribution is 7.93. The number of hydrogen-bond donors (Lipinski definition) is 1. The summed E-state index contributed by atoms with van der Waals surface area (Å²) in [5, 5.41) is 2.92. The number of aryl methyl sites for hydroxylation is 2. The van der Waals surface area contributed by atoms with Crippen molar-refractivity contribution in [3.8, 4) is 5.75 Å². The summed E-state index contributed by atoms with van der Waals surface area (Å²) in [4.78, 5) is 12.9.